The number of phenolic OH excluding ortho intramolecular Hbond substituents is 1. The Bertz CT molecular complexity index is 1310. The van der Waals surface area contributed by atoms with Crippen LogP contribution in [0.15, 0.2) is 68.6 Å². The number of furan rings is 1. The van der Waals surface area contributed by atoms with E-state index in [-0.39, 0.29) is 28.9 Å². The van der Waals surface area contributed by atoms with Crippen molar-refractivity contribution in [2.45, 2.75) is 12.3 Å². The van der Waals surface area contributed by atoms with Gasteiger partial charge in [-0.1, -0.05) is 12.1 Å². The van der Waals surface area contributed by atoms with Gasteiger partial charge in [0.05, 0.1) is 31.3 Å². The molecule has 0 saturated heterocycles. The molecule has 0 bridgehead atoms. The summed E-state index contributed by atoms with van der Waals surface area (Å²) in [6.45, 7) is 0. The lowest BCUT2D eigenvalue weighted by molar-refractivity contribution is -0.135. The summed E-state index contributed by atoms with van der Waals surface area (Å²) in [5.41, 5.74) is 1.19. The first kappa shape index (κ1) is 18.1. The fourth-order valence-electron chi connectivity index (χ4n) is 3.83. The van der Waals surface area contributed by atoms with E-state index in [1.807, 2.05) is 0 Å². The van der Waals surface area contributed by atoms with E-state index < -0.39 is 17.3 Å². The zero-order valence-corrected chi connectivity index (χ0v) is 15.9. The minimum atomic E-state index is -0.491. The summed E-state index contributed by atoms with van der Waals surface area (Å²) < 4.78 is 21.8. The van der Waals surface area contributed by atoms with Crippen molar-refractivity contribution in [3.8, 4) is 28.4 Å². The van der Waals surface area contributed by atoms with Crippen molar-refractivity contribution >= 4 is 16.9 Å². The molecule has 0 saturated carbocycles. The highest BCUT2D eigenvalue weighted by atomic mass is 16.5. The maximum atomic E-state index is 13.3. The van der Waals surface area contributed by atoms with Crippen LogP contribution in [0, 0.1) is 0 Å². The molecule has 0 spiro atoms. The largest absolute Gasteiger partial charge is 0.507 e. The van der Waals surface area contributed by atoms with E-state index >= 15 is 0 Å². The topological polar surface area (TPSA) is 99.1 Å². The zero-order chi connectivity index (χ0) is 20.8. The van der Waals surface area contributed by atoms with E-state index in [0.717, 1.165) is 0 Å². The van der Waals surface area contributed by atoms with Crippen LogP contribution in [-0.4, -0.2) is 18.2 Å². The predicted octanol–water partition coefficient (Wildman–Crippen LogP) is 4.21. The molecular weight excluding hydrogens is 388 g/mol. The Morgan fingerprint density at radius 2 is 1.90 bits per heavy atom. The highest BCUT2D eigenvalue weighted by Crippen LogP contribution is 2.45. The summed E-state index contributed by atoms with van der Waals surface area (Å²) in [7, 11) is 1.56. The molecule has 7 nitrogen and oxygen atoms in total. The van der Waals surface area contributed by atoms with Gasteiger partial charge in [0.25, 0.3) is 0 Å². The summed E-state index contributed by atoms with van der Waals surface area (Å²) in [6, 6.07) is 11.7. The number of fused-ring (bicyclic) bond motifs is 3. The molecule has 2 aromatic carbocycles. The second-order valence-corrected chi connectivity index (χ2v) is 6.96. The van der Waals surface area contributed by atoms with E-state index in [4.69, 9.17) is 18.3 Å². The van der Waals surface area contributed by atoms with Crippen LogP contribution in [-0.2, 0) is 4.79 Å². The molecule has 0 radical (unpaired) electrons. The number of aromatic hydroxyl groups is 1. The van der Waals surface area contributed by atoms with Gasteiger partial charge in [0, 0.05) is 11.6 Å². The third kappa shape index (κ3) is 2.75. The first-order valence-corrected chi connectivity index (χ1v) is 9.26. The molecule has 1 N–H and O–H groups in total. The number of hydrogen-bond donors (Lipinski definition) is 1. The van der Waals surface area contributed by atoms with E-state index in [0.29, 0.717) is 28.2 Å². The molecule has 3 heterocycles. The first-order chi connectivity index (χ1) is 14.6. The Hall–Kier alpha value is -4.00. The number of carbonyl (C=O) groups is 1. The Labute approximate surface area is 170 Å². The van der Waals surface area contributed by atoms with Gasteiger partial charge in [-0.3, -0.25) is 9.59 Å². The SMILES string of the molecule is COc1ccc(-c2coc3c4c(cc(O)c3c2=O)OC(=O)C[C@@H]4c2ccco2)cc1. The molecule has 0 amide bonds. The predicted molar refractivity (Wildman–Crippen MR) is 107 cm³/mol. The smallest absolute Gasteiger partial charge is 0.312 e. The minimum absolute atomic E-state index is 0.0246. The zero-order valence-electron chi connectivity index (χ0n) is 15.9. The summed E-state index contributed by atoms with van der Waals surface area (Å²) in [4.78, 5) is 25.4. The van der Waals surface area contributed by atoms with Gasteiger partial charge in [0.2, 0.25) is 5.43 Å². The van der Waals surface area contributed by atoms with Crippen LogP contribution in [0.1, 0.15) is 23.7 Å². The van der Waals surface area contributed by atoms with E-state index in [9.17, 15) is 14.7 Å². The minimum Gasteiger partial charge on any atom is -0.507 e. The van der Waals surface area contributed by atoms with Crippen molar-refractivity contribution < 1.29 is 28.2 Å². The number of carbonyl (C=O) groups excluding carboxylic acids is 1. The van der Waals surface area contributed by atoms with Crippen LogP contribution in [0.3, 0.4) is 0 Å². The van der Waals surface area contributed by atoms with Crippen LogP contribution in [0.2, 0.25) is 0 Å². The van der Waals surface area contributed by atoms with Gasteiger partial charge in [0.15, 0.2) is 0 Å². The molecule has 1 atom stereocenters. The summed E-state index contributed by atoms with van der Waals surface area (Å²) in [5.74, 6) is 0.0821. The van der Waals surface area contributed by atoms with Crippen LogP contribution in [0.4, 0.5) is 0 Å². The van der Waals surface area contributed by atoms with Gasteiger partial charge in [0.1, 0.15) is 40.2 Å². The number of phenols is 1. The monoisotopic (exact) mass is 404 g/mol. The fraction of sp³-hybridized carbons (Fsp3) is 0.130. The third-order valence-electron chi connectivity index (χ3n) is 5.26. The molecule has 0 unspecified atom stereocenters. The van der Waals surface area contributed by atoms with Gasteiger partial charge >= 0.3 is 5.97 Å². The average Bonchev–Trinajstić information content (AvgIpc) is 3.28. The molecule has 30 heavy (non-hydrogen) atoms. The molecule has 1 aliphatic heterocycles. The maximum Gasteiger partial charge on any atom is 0.312 e. The second kappa shape index (κ2) is 6.81. The number of ether oxygens (including phenoxy) is 2. The van der Waals surface area contributed by atoms with Crippen molar-refractivity contribution in [3.05, 3.63) is 76.5 Å². The van der Waals surface area contributed by atoms with E-state index in [1.165, 1.54) is 18.6 Å². The number of hydrogen-bond acceptors (Lipinski definition) is 7. The third-order valence-corrected chi connectivity index (χ3v) is 5.26. The van der Waals surface area contributed by atoms with Crippen LogP contribution >= 0.6 is 0 Å². The van der Waals surface area contributed by atoms with Gasteiger partial charge in [-0.2, -0.15) is 0 Å². The van der Waals surface area contributed by atoms with E-state index in [1.54, 1.807) is 43.5 Å². The Kier molecular flexibility index (Phi) is 4.10. The molecule has 0 aliphatic carbocycles. The Morgan fingerprint density at radius 1 is 1.10 bits per heavy atom. The van der Waals surface area contributed by atoms with E-state index in [2.05, 4.69) is 0 Å². The van der Waals surface area contributed by atoms with Crippen LogP contribution < -0.4 is 14.9 Å². The highest BCUT2D eigenvalue weighted by Gasteiger charge is 2.35. The first-order valence-electron chi connectivity index (χ1n) is 9.26. The number of rotatable bonds is 3. The van der Waals surface area contributed by atoms with Gasteiger partial charge < -0.3 is 23.4 Å². The Balaban J connectivity index is 1.75. The number of esters is 1. The highest BCUT2D eigenvalue weighted by molar-refractivity contribution is 5.94. The molecule has 150 valence electrons. The van der Waals surface area contributed by atoms with Crippen molar-refractivity contribution in [1.29, 1.82) is 0 Å². The second-order valence-electron chi connectivity index (χ2n) is 6.96. The average molecular weight is 404 g/mol. The fourth-order valence-corrected chi connectivity index (χ4v) is 3.83. The molecule has 1 aliphatic rings. The standard InChI is InChI=1S/C23H16O7/c1-27-13-6-4-12(5-7-13)15-11-29-23-20-14(17-3-2-8-28-17)9-19(25)30-18(20)10-16(24)21(23)22(15)26/h2-8,10-11,14,24H,9H2,1H3/t14-/m1/s1. The number of methoxy groups -OCH3 is 1. The number of benzene rings is 2. The molecule has 2 aromatic heterocycles. The lowest BCUT2D eigenvalue weighted by Crippen LogP contribution is -2.21. The van der Waals surface area contributed by atoms with Crippen molar-refractivity contribution in [2.75, 3.05) is 7.11 Å². The van der Waals surface area contributed by atoms with Gasteiger partial charge in [-0.05, 0) is 29.8 Å². The van der Waals surface area contributed by atoms with Crippen LogP contribution in [0.25, 0.3) is 22.1 Å². The summed E-state index contributed by atoms with van der Waals surface area (Å²) in [6.07, 6.45) is 2.89. The lowest BCUT2D eigenvalue weighted by atomic mass is 9.88. The molecular formula is C23H16O7. The van der Waals surface area contributed by atoms with Crippen LogP contribution in [0.5, 0.6) is 17.2 Å². The normalized spacial score (nSPS) is 15.6. The van der Waals surface area contributed by atoms with Crippen molar-refractivity contribution in [2.24, 2.45) is 0 Å². The lowest BCUT2D eigenvalue weighted by Gasteiger charge is -2.24. The Morgan fingerprint density at radius 3 is 2.60 bits per heavy atom. The van der Waals surface area contributed by atoms with Gasteiger partial charge in [-0.15, -0.1) is 0 Å². The molecule has 4 aromatic rings. The summed E-state index contributed by atoms with van der Waals surface area (Å²) in [5, 5.41) is 10.6. The summed E-state index contributed by atoms with van der Waals surface area (Å²) >= 11 is 0. The molecule has 0 fully saturated rings. The van der Waals surface area contributed by atoms with Gasteiger partial charge in [-0.25, -0.2) is 0 Å². The molecule has 5 rings (SSSR count). The van der Waals surface area contributed by atoms with Crippen molar-refractivity contribution in [1.82, 2.24) is 0 Å². The maximum absolute atomic E-state index is 13.3. The van der Waals surface area contributed by atoms with Crippen molar-refractivity contribution in [3.63, 3.8) is 0 Å². The molecule has 7 heteroatoms. The quantitative estimate of drug-likeness (QED) is 0.403.